The highest BCUT2D eigenvalue weighted by Crippen LogP contribution is 2.34. The molecule has 5 heteroatoms. The topological polar surface area (TPSA) is 55.6 Å². The van der Waals surface area contributed by atoms with Crippen LogP contribution < -0.4 is 10.5 Å². The van der Waals surface area contributed by atoms with Crippen LogP contribution in [0.25, 0.3) is 0 Å². The lowest BCUT2D eigenvalue weighted by atomic mass is 9.91. The number of hydrogen-bond acceptors (Lipinski definition) is 3. The van der Waals surface area contributed by atoms with Crippen LogP contribution in [0.3, 0.4) is 0 Å². The average molecular weight is 313 g/mol. The van der Waals surface area contributed by atoms with Crippen molar-refractivity contribution in [2.45, 2.75) is 24.9 Å². The van der Waals surface area contributed by atoms with Crippen molar-refractivity contribution in [2.75, 3.05) is 14.2 Å². The predicted octanol–water partition coefficient (Wildman–Crippen LogP) is 2.08. The fourth-order valence-electron chi connectivity index (χ4n) is 2.40. The van der Waals surface area contributed by atoms with Gasteiger partial charge in [0.15, 0.2) is 0 Å². The van der Waals surface area contributed by atoms with Crippen molar-refractivity contribution in [1.82, 2.24) is 4.90 Å². The van der Waals surface area contributed by atoms with E-state index in [-0.39, 0.29) is 18.0 Å². The summed E-state index contributed by atoms with van der Waals surface area (Å²) in [7, 11) is 3.44. The van der Waals surface area contributed by atoms with Crippen molar-refractivity contribution in [2.24, 2.45) is 5.73 Å². The summed E-state index contributed by atoms with van der Waals surface area (Å²) in [5.41, 5.74) is 7.18. The molecular weight excluding hydrogens is 296 g/mol. The lowest BCUT2D eigenvalue weighted by molar-refractivity contribution is -0.135. The van der Waals surface area contributed by atoms with Gasteiger partial charge in [0, 0.05) is 19.5 Å². The molecule has 1 aromatic carbocycles. The van der Waals surface area contributed by atoms with Crippen LogP contribution in [-0.4, -0.2) is 31.0 Å². The largest absolute Gasteiger partial charge is 0.496 e. The molecule has 0 aromatic heterocycles. The minimum Gasteiger partial charge on any atom is -0.496 e. The van der Waals surface area contributed by atoms with Crippen LogP contribution in [0.1, 0.15) is 24.4 Å². The molecule has 0 radical (unpaired) electrons. The van der Waals surface area contributed by atoms with Gasteiger partial charge >= 0.3 is 0 Å². The van der Waals surface area contributed by atoms with Gasteiger partial charge in [-0.1, -0.05) is 6.07 Å². The first kappa shape index (κ1) is 13.4. The number of nitrogens with two attached hydrogens (primary N) is 1. The maximum atomic E-state index is 11.8. The van der Waals surface area contributed by atoms with Gasteiger partial charge in [0.05, 0.1) is 17.6 Å². The first-order valence-electron chi connectivity index (χ1n) is 5.89. The number of nitrogens with zero attached hydrogens (tertiary/aromatic N) is 1. The second-order valence-electron chi connectivity index (χ2n) is 4.55. The highest BCUT2D eigenvalue weighted by Gasteiger charge is 2.32. The number of methoxy groups -OCH3 is 1. The molecule has 0 spiro atoms. The van der Waals surface area contributed by atoms with Gasteiger partial charge in [-0.15, -0.1) is 0 Å². The first-order valence-corrected chi connectivity index (χ1v) is 6.68. The third-order valence-electron chi connectivity index (χ3n) is 3.43. The maximum absolute atomic E-state index is 11.8. The summed E-state index contributed by atoms with van der Waals surface area (Å²) in [5, 5.41) is 0. The van der Waals surface area contributed by atoms with E-state index in [0.717, 1.165) is 22.2 Å². The lowest BCUT2D eigenvalue weighted by Gasteiger charge is -2.37. The van der Waals surface area contributed by atoms with Gasteiger partial charge in [0.2, 0.25) is 5.91 Å². The van der Waals surface area contributed by atoms with Crippen LogP contribution in [0.5, 0.6) is 5.75 Å². The minimum atomic E-state index is -0.0616. The molecule has 2 unspecified atom stereocenters. The van der Waals surface area contributed by atoms with E-state index in [0.29, 0.717) is 6.42 Å². The second kappa shape index (κ2) is 5.28. The normalized spacial score (nSPS) is 24.2. The molecule has 1 saturated heterocycles. The van der Waals surface area contributed by atoms with Crippen LogP contribution in [0.15, 0.2) is 22.7 Å². The summed E-state index contributed by atoms with van der Waals surface area (Å²) in [6.07, 6.45) is 1.27. The first-order chi connectivity index (χ1) is 8.54. The van der Waals surface area contributed by atoms with Gasteiger partial charge in [-0.3, -0.25) is 4.79 Å². The van der Waals surface area contributed by atoms with Crippen molar-refractivity contribution in [3.8, 4) is 5.75 Å². The number of likely N-dealkylation sites (N-methyl/N-ethyl adjacent to an activating group) is 1. The Morgan fingerprint density at radius 1 is 1.50 bits per heavy atom. The van der Waals surface area contributed by atoms with E-state index in [2.05, 4.69) is 15.9 Å². The van der Waals surface area contributed by atoms with Gasteiger partial charge in [0.1, 0.15) is 5.75 Å². The minimum absolute atomic E-state index is 0.0204. The molecule has 2 atom stereocenters. The standard InChI is InChI=1S/C13H17BrN2O2/c1-16-12(17)6-4-10(15)13(16)8-3-5-11(18-2)9(14)7-8/h3,5,7,10,13H,4,6,15H2,1-2H3. The number of hydrogen-bond donors (Lipinski definition) is 1. The van der Waals surface area contributed by atoms with Crippen LogP contribution >= 0.6 is 15.9 Å². The lowest BCUT2D eigenvalue weighted by Crippen LogP contribution is -2.46. The zero-order valence-electron chi connectivity index (χ0n) is 10.5. The predicted molar refractivity (Wildman–Crippen MR) is 73.4 cm³/mol. The van der Waals surface area contributed by atoms with E-state index in [1.165, 1.54) is 0 Å². The summed E-state index contributed by atoms with van der Waals surface area (Å²) < 4.78 is 6.08. The van der Waals surface area contributed by atoms with Crippen LogP contribution in [-0.2, 0) is 4.79 Å². The zero-order valence-corrected chi connectivity index (χ0v) is 12.1. The van der Waals surface area contributed by atoms with Gasteiger partial charge in [-0.2, -0.15) is 0 Å². The highest BCUT2D eigenvalue weighted by molar-refractivity contribution is 9.10. The molecule has 2 N–H and O–H groups in total. The molecule has 98 valence electrons. The summed E-state index contributed by atoms with van der Waals surface area (Å²) in [5.74, 6) is 0.922. The Morgan fingerprint density at radius 3 is 2.83 bits per heavy atom. The van der Waals surface area contributed by atoms with E-state index >= 15 is 0 Å². The number of piperidine rings is 1. The SMILES string of the molecule is COc1ccc(C2C(N)CCC(=O)N2C)cc1Br. The van der Waals surface area contributed by atoms with Crippen molar-refractivity contribution >= 4 is 21.8 Å². The number of likely N-dealkylation sites (tertiary alicyclic amines) is 1. The molecule has 0 saturated carbocycles. The Hall–Kier alpha value is -1.07. The molecule has 1 amide bonds. The molecule has 2 rings (SSSR count). The van der Waals surface area contributed by atoms with E-state index in [1.54, 1.807) is 12.0 Å². The van der Waals surface area contributed by atoms with Gasteiger partial charge < -0.3 is 15.4 Å². The third-order valence-corrected chi connectivity index (χ3v) is 4.04. The number of halogens is 1. The Morgan fingerprint density at radius 2 is 2.22 bits per heavy atom. The summed E-state index contributed by atoms with van der Waals surface area (Å²) >= 11 is 3.46. The van der Waals surface area contributed by atoms with Gasteiger partial charge in [0.25, 0.3) is 0 Å². The van der Waals surface area contributed by atoms with Crippen LogP contribution in [0, 0.1) is 0 Å². The van der Waals surface area contributed by atoms with Crippen molar-refractivity contribution < 1.29 is 9.53 Å². The Balaban J connectivity index is 2.34. The molecule has 1 aromatic rings. The van der Waals surface area contributed by atoms with Gasteiger partial charge in [-0.25, -0.2) is 0 Å². The van der Waals surface area contributed by atoms with Crippen LogP contribution in [0.2, 0.25) is 0 Å². The average Bonchev–Trinajstić information content (AvgIpc) is 2.35. The van der Waals surface area contributed by atoms with E-state index in [4.69, 9.17) is 10.5 Å². The Labute approximate surface area is 115 Å². The summed E-state index contributed by atoms with van der Waals surface area (Å²) in [6.45, 7) is 0. The van der Waals surface area contributed by atoms with E-state index in [1.807, 2.05) is 25.2 Å². The molecule has 4 nitrogen and oxygen atoms in total. The number of amides is 1. The number of carbonyl (C=O) groups is 1. The Kier molecular flexibility index (Phi) is 3.92. The number of carbonyl (C=O) groups excluding carboxylic acids is 1. The third kappa shape index (κ3) is 2.37. The molecular formula is C13H17BrN2O2. The fourth-order valence-corrected chi connectivity index (χ4v) is 2.96. The van der Waals surface area contributed by atoms with Gasteiger partial charge in [-0.05, 0) is 40.0 Å². The molecule has 1 aliphatic rings. The highest BCUT2D eigenvalue weighted by atomic mass is 79.9. The Bertz CT molecular complexity index is 464. The van der Waals surface area contributed by atoms with Crippen LogP contribution in [0.4, 0.5) is 0 Å². The fraction of sp³-hybridized carbons (Fsp3) is 0.462. The number of rotatable bonds is 2. The number of benzene rings is 1. The van der Waals surface area contributed by atoms with E-state index < -0.39 is 0 Å². The maximum Gasteiger partial charge on any atom is 0.222 e. The van der Waals surface area contributed by atoms with E-state index in [9.17, 15) is 4.79 Å². The van der Waals surface area contributed by atoms with Crippen molar-refractivity contribution in [3.63, 3.8) is 0 Å². The molecule has 0 bridgehead atoms. The summed E-state index contributed by atoms with van der Waals surface area (Å²) in [6, 6.07) is 5.74. The summed E-state index contributed by atoms with van der Waals surface area (Å²) in [4.78, 5) is 13.5. The number of ether oxygens (including phenoxy) is 1. The van der Waals surface area contributed by atoms with Crippen molar-refractivity contribution in [1.29, 1.82) is 0 Å². The van der Waals surface area contributed by atoms with Crippen molar-refractivity contribution in [3.05, 3.63) is 28.2 Å². The molecule has 1 heterocycles. The zero-order chi connectivity index (χ0) is 13.3. The molecule has 0 aliphatic carbocycles. The smallest absolute Gasteiger partial charge is 0.222 e. The molecule has 1 aliphatic heterocycles. The quantitative estimate of drug-likeness (QED) is 0.909. The molecule has 1 fully saturated rings. The molecule has 18 heavy (non-hydrogen) atoms. The second-order valence-corrected chi connectivity index (χ2v) is 5.40. The monoisotopic (exact) mass is 312 g/mol.